The number of piperidine rings is 1. The number of hydrogen-bond donors (Lipinski definition) is 3. The fraction of sp³-hybridized carbons (Fsp3) is 0.833. The largest absolute Gasteiger partial charge is 0.449 e. The highest BCUT2D eigenvalue weighted by atomic mass is 16.5. The van der Waals surface area contributed by atoms with E-state index in [1.807, 2.05) is 20.8 Å². The molecule has 3 saturated carbocycles. The number of nitrogens with one attached hydrogen (secondary N) is 2. The summed E-state index contributed by atoms with van der Waals surface area (Å²) >= 11 is 0. The molecule has 5 atom stereocenters. The number of nitrogens with zero attached hydrogens (tertiary/aromatic N) is 1. The lowest BCUT2D eigenvalue weighted by atomic mass is 9.80. The van der Waals surface area contributed by atoms with E-state index in [1.54, 1.807) is 4.90 Å². The van der Waals surface area contributed by atoms with E-state index in [-0.39, 0.29) is 47.0 Å². The predicted molar refractivity (Wildman–Crippen MR) is 149 cm³/mol. The van der Waals surface area contributed by atoms with Gasteiger partial charge in [-0.05, 0) is 53.8 Å². The Bertz CT molecular complexity index is 1010. The summed E-state index contributed by atoms with van der Waals surface area (Å²) in [5.74, 6) is -2.27. The Labute approximate surface area is 237 Å². The summed E-state index contributed by atoms with van der Waals surface area (Å²) in [6.07, 6.45) is 7.39. The van der Waals surface area contributed by atoms with Gasteiger partial charge in [0.2, 0.25) is 17.6 Å². The van der Waals surface area contributed by atoms with E-state index in [4.69, 9.17) is 10.5 Å². The molecule has 4 rings (SSSR count). The quantitative estimate of drug-likeness (QED) is 0.350. The average molecular weight is 561 g/mol. The zero-order valence-corrected chi connectivity index (χ0v) is 24.8. The maximum atomic E-state index is 14.2. The molecule has 1 aliphatic heterocycles. The molecule has 40 heavy (non-hydrogen) atoms. The molecule has 0 aromatic carbocycles. The van der Waals surface area contributed by atoms with Crippen LogP contribution in [0.15, 0.2) is 0 Å². The van der Waals surface area contributed by atoms with Crippen molar-refractivity contribution in [3.63, 3.8) is 0 Å². The van der Waals surface area contributed by atoms with Crippen LogP contribution in [0.1, 0.15) is 92.4 Å². The molecule has 1 saturated heterocycles. The zero-order valence-electron chi connectivity index (χ0n) is 24.8. The number of amides is 4. The Kier molecular flexibility index (Phi) is 8.85. The standard InChI is InChI=1S/C30H48N4O6/c1-29(2,3)16-40-28(39)33-22(18-12-7-6-8-13-18)27(38)34-15-19-21(30(19,4)5)23(34)26(37)32-20(24(35)25(31)36)14-17-10-9-11-17/h17-23H,6-16H2,1-5H3,(H2,31,36)(H,32,37)(H,33,39)/t19-,20-,21-,22-,23-/m0/s1. The average Bonchev–Trinajstić information content (AvgIpc) is 3.19. The summed E-state index contributed by atoms with van der Waals surface area (Å²) in [7, 11) is 0. The Morgan fingerprint density at radius 1 is 0.975 bits per heavy atom. The molecule has 0 bridgehead atoms. The molecule has 0 aromatic heterocycles. The minimum atomic E-state index is -1.07. The lowest BCUT2D eigenvalue weighted by Crippen LogP contribution is -2.59. The van der Waals surface area contributed by atoms with Crippen molar-refractivity contribution in [3.8, 4) is 0 Å². The van der Waals surface area contributed by atoms with Gasteiger partial charge in [0.15, 0.2) is 0 Å². The molecule has 4 N–H and O–H groups in total. The van der Waals surface area contributed by atoms with Gasteiger partial charge in [0.05, 0.1) is 12.6 Å². The van der Waals surface area contributed by atoms with Crippen molar-refractivity contribution in [2.75, 3.05) is 13.2 Å². The van der Waals surface area contributed by atoms with Crippen LogP contribution in [0.4, 0.5) is 4.79 Å². The summed E-state index contributed by atoms with van der Waals surface area (Å²) < 4.78 is 5.45. The number of likely N-dealkylation sites (tertiary alicyclic amines) is 1. The second-order valence-corrected chi connectivity index (χ2v) is 14.4. The van der Waals surface area contributed by atoms with Crippen molar-refractivity contribution >= 4 is 29.6 Å². The molecule has 0 radical (unpaired) electrons. The Hall–Kier alpha value is -2.65. The van der Waals surface area contributed by atoms with Crippen LogP contribution in [0, 0.1) is 34.5 Å². The Balaban J connectivity index is 1.53. The monoisotopic (exact) mass is 560 g/mol. The summed E-state index contributed by atoms with van der Waals surface area (Å²) in [5.41, 5.74) is 4.97. The molecule has 4 fully saturated rings. The van der Waals surface area contributed by atoms with E-state index < -0.39 is 41.8 Å². The molecular formula is C30H48N4O6. The maximum absolute atomic E-state index is 14.2. The van der Waals surface area contributed by atoms with Gasteiger partial charge in [0.25, 0.3) is 5.91 Å². The van der Waals surface area contributed by atoms with Crippen molar-refractivity contribution < 1.29 is 28.7 Å². The first kappa shape index (κ1) is 30.3. The summed E-state index contributed by atoms with van der Waals surface area (Å²) in [6, 6.07) is -2.56. The Morgan fingerprint density at radius 2 is 1.62 bits per heavy atom. The summed E-state index contributed by atoms with van der Waals surface area (Å²) in [6.45, 7) is 10.7. The van der Waals surface area contributed by atoms with Gasteiger partial charge in [-0.2, -0.15) is 0 Å². The summed E-state index contributed by atoms with van der Waals surface area (Å²) in [4.78, 5) is 66.8. The zero-order chi connectivity index (χ0) is 29.4. The Morgan fingerprint density at radius 3 is 2.17 bits per heavy atom. The smallest absolute Gasteiger partial charge is 0.407 e. The molecule has 0 aromatic rings. The fourth-order valence-electron chi connectivity index (χ4n) is 7.01. The van der Waals surface area contributed by atoms with Crippen molar-refractivity contribution in [1.82, 2.24) is 15.5 Å². The number of nitrogens with two attached hydrogens (primary N) is 1. The molecule has 0 spiro atoms. The fourth-order valence-corrected chi connectivity index (χ4v) is 7.01. The lowest BCUT2D eigenvalue weighted by Gasteiger charge is -2.37. The normalized spacial score (nSPS) is 27.5. The van der Waals surface area contributed by atoms with Gasteiger partial charge in [-0.15, -0.1) is 0 Å². The minimum Gasteiger partial charge on any atom is -0.449 e. The maximum Gasteiger partial charge on any atom is 0.407 e. The molecule has 3 aliphatic carbocycles. The summed E-state index contributed by atoms with van der Waals surface area (Å²) in [5, 5.41) is 5.68. The van der Waals surface area contributed by atoms with E-state index in [2.05, 4.69) is 24.5 Å². The molecule has 224 valence electrons. The van der Waals surface area contributed by atoms with Crippen LogP contribution in [0.5, 0.6) is 0 Å². The minimum absolute atomic E-state index is 0.0418. The van der Waals surface area contributed by atoms with Gasteiger partial charge < -0.3 is 26.0 Å². The van der Waals surface area contributed by atoms with E-state index in [0.717, 1.165) is 51.4 Å². The number of carbonyl (C=O) groups excluding carboxylic acids is 5. The van der Waals surface area contributed by atoms with Crippen LogP contribution in [-0.2, 0) is 23.9 Å². The third-order valence-corrected chi connectivity index (χ3v) is 9.73. The highest BCUT2D eigenvalue weighted by molar-refractivity contribution is 6.37. The van der Waals surface area contributed by atoms with E-state index in [9.17, 15) is 24.0 Å². The molecule has 1 heterocycles. The number of primary amides is 1. The van der Waals surface area contributed by atoms with Gasteiger partial charge in [-0.25, -0.2) is 4.79 Å². The van der Waals surface area contributed by atoms with Crippen molar-refractivity contribution in [1.29, 1.82) is 0 Å². The van der Waals surface area contributed by atoms with Crippen LogP contribution in [0.25, 0.3) is 0 Å². The van der Waals surface area contributed by atoms with Crippen LogP contribution in [-0.4, -0.2) is 65.8 Å². The van der Waals surface area contributed by atoms with E-state index >= 15 is 0 Å². The van der Waals surface area contributed by atoms with Crippen molar-refractivity contribution in [2.24, 2.45) is 40.2 Å². The number of ketones is 1. The first-order chi connectivity index (χ1) is 18.7. The van der Waals surface area contributed by atoms with Crippen LogP contribution in [0.2, 0.25) is 0 Å². The van der Waals surface area contributed by atoms with Gasteiger partial charge in [0.1, 0.15) is 12.1 Å². The third-order valence-electron chi connectivity index (χ3n) is 9.73. The number of Topliss-reactive ketones (excluding diaryl/α,β-unsaturated/α-hetero) is 1. The van der Waals surface area contributed by atoms with Gasteiger partial charge in [0, 0.05) is 6.54 Å². The van der Waals surface area contributed by atoms with E-state index in [1.165, 1.54) is 0 Å². The number of alkyl carbamates (subject to hydrolysis) is 1. The number of rotatable bonds is 10. The topological polar surface area (TPSA) is 148 Å². The van der Waals surface area contributed by atoms with Crippen LogP contribution < -0.4 is 16.4 Å². The first-order valence-electron chi connectivity index (χ1n) is 15.1. The van der Waals surface area contributed by atoms with Crippen LogP contribution >= 0.6 is 0 Å². The third kappa shape index (κ3) is 6.62. The molecule has 0 unspecified atom stereocenters. The van der Waals surface area contributed by atoms with Crippen molar-refractivity contribution in [3.05, 3.63) is 0 Å². The van der Waals surface area contributed by atoms with E-state index in [0.29, 0.717) is 13.0 Å². The highest BCUT2D eigenvalue weighted by Crippen LogP contribution is 2.65. The van der Waals surface area contributed by atoms with Gasteiger partial charge >= 0.3 is 6.09 Å². The first-order valence-corrected chi connectivity index (χ1v) is 15.1. The number of hydrogen-bond acceptors (Lipinski definition) is 6. The van der Waals surface area contributed by atoms with Crippen molar-refractivity contribution in [2.45, 2.75) is 111 Å². The molecule has 10 nitrogen and oxygen atoms in total. The molecule has 10 heteroatoms. The van der Waals surface area contributed by atoms with Gasteiger partial charge in [-0.3, -0.25) is 19.2 Å². The van der Waals surface area contributed by atoms with Crippen LogP contribution in [0.3, 0.4) is 0 Å². The number of ether oxygens (including phenoxy) is 1. The predicted octanol–water partition coefficient (Wildman–Crippen LogP) is 2.92. The molecular weight excluding hydrogens is 512 g/mol. The highest BCUT2D eigenvalue weighted by Gasteiger charge is 2.69. The molecule has 4 amide bonds. The lowest BCUT2D eigenvalue weighted by molar-refractivity contribution is -0.144. The van der Waals surface area contributed by atoms with Gasteiger partial charge in [-0.1, -0.05) is 73.1 Å². The molecule has 4 aliphatic rings. The second kappa shape index (κ2) is 11.7. The SMILES string of the molecule is CC(C)(C)COC(=O)N[C@H](C(=O)N1C[C@H]2[C@@H]([C@H]1C(=O)N[C@@H](CC1CCC1)C(=O)C(N)=O)C2(C)C)C1CCCCC1. The number of carbonyl (C=O) groups is 5. The second-order valence-electron chi connectivity index (χ2n) is 14.4. The number of fused-ring (bicyclic) bond motifs is 1.